The molecular formula is C18H20ClFN4O2. The van der Waals surface area contributed by atoms with Gasteiger partial charge < -0.3 is 9.64 Å². The number of rotatable bonds is 4. The molecule has 26 heavy (non-hydrogen) atoms. The maximum Gasteiger partial charge on any atom is 0.222 e. The Kier molecular flexibility index (Phi) is 4.91. The van der Waals surface area contributed by atoms with Gasteiger partial charge in [-0.05, 0) is 37.5 Å². The van der Waals surface area contributed by atoms with Gasteiger partial charge in [-0.3, -0.25) is 4.79 Å². The van der Waals surface area contributed by atoms with Gasteiger partial charge in [-0.15, -0.1) is 0 Å². The van der Waals surface area contributed by atoms with E-state index in [2.05, 4.69) is 5.10 Å². The largest absolute Gasteiger partial charge is 0.381 e. The van der Waals surface area contributed by atoms with Crippen molar-refractivity contribution in [1.29, 1.82) is 0 Å². The second kappa shape index (κ2) is 7.32. The smallest absolute Gasteiger partial charge is 0.222 e. The second-order valence-electron chi connectivity index (χ2n) is 6.73. The van der Waals surface area contributed by atoms with Crippen LogP contribution in [0.4, 0.5) is 4.39 Å². The Bertz CT molecular complexity index is 820. The highest BCUT2D eigenvalue weighted by Crippen LogP contribution is 2.26. The van der Waals surface area contributed by atoms with E-state index in [0.717, 1.165) is 25.8 Å². The van der Waals surface area contributed by atoms with Crippen LogP contribution in [0.2, 0.25) is 5.02 Å². The number of amides is 1. The molecule has 1 aromatic heterocycles. The van der Waals surface area contributed by atoms with E-state index in [9.17, 15) is 9.18 Å². The molecule has 2 aliphatic rings. The van der Waals surface area contributed by atoms with Gasteiger partial charge in [0.15, 0.2) is 11.6 Å². The lowest BCUT2D eigenvalue weighted by atomic mass is 10.1. The van der Waals surface area contributed by atoms with E-state index in [0.29, 0.717) is 43.5 Å². The normalized spacial score (nSPS) is 20.8. The van der Waals surface area contributed by atoms with Crippen molar-refractivity contribution >= 4 is 17.5 Å². The molecule has 1 amide bonds. The fraction of sp³-hybridized carbons (Fsp3) is 0.500. The number of hydrogen-bond acceptors (Lipinski definition) is 4. The van der Waals surface area contributed by atoms with Crippen molar-refractivity contribution in [3.63, 3.8) is 0 Å². The molecular weight excluding hydrogens is 359 g/mol. The molecule has 0 aliphatic carbocycles. The van der Waals surface area contributed by atoms with E-state index in [1.54, 1.807) is 10.7 Å². The summed E-state index contributed by atoms with van der Waals surface area (Å²) in [7, 11) is 0. The molecule has 0 bridgehead atoms. The number of piperidine rings is 1. The SMILES string of the molecule is O=C1CCCCN1Cc1nc([C@H]2CCOC2)nn1-c1ccc(F)c(Cl)c1. The van der Waals surface area contributed by atoms with E-state index < -0.39 is 5.82 Å². The summed E-state index contributed by atoms with van der Waals surface area (Å²) in [6, 6.07) is 4.46. The third-order valence-corrected chi connectivity index (χ3v) is 5.18. The Balaban J connectivity index is 1.69. The molecule has 138 valence electrons. The molecule has 0 spiro atoms. The van der Waals surface area contributed by atoms with Gasteiger partial charge in [0.25, 0.3) is 0 Å². The number of aromatic nitrogens is 3. The summed E-state index contributed by atoms with van der Waals surface area (Å²) in [4.78, 5) is 18.7. The van der Waals surface area contributed by atoms with E-state index >= 15 is 0 Å². The molecule has 2 fully saturated rings. The number of ether oxygens (including phenoxy) is 1. The number of carbonyl (C=O) groups is 1. The number of hydrogen-bond donors (Lipinski definition) is 0. The van der Waals surface area contributed by atoms with Crippen molar-refractivity contribution < 1.29 is 13.9 Å². The molecule has 0 radical (unpaired) electrons. The Morgan fingerprint density at radius 1 is 1.35 bits per heavy atom. The maximum absolute atomic E-state index is 13.5. The van der Waals surface area contributed by atoms with E-state index in [-0.39, 0.29) is 16.8 Å². The van der Waals surface area contributed by atoms with Gasteiger partial charge in [0, 0.05) is 25.5 Å². The fourth-order valence-corrected chi connectivity index (χ4v) is 3.57. The van der Waals surface area contributed by atoms with Crippen LogP contribution >= 0.6 is 11.6 Å². The van der Waals surface area contributed by atoms with Crippen LogP contribution in [-0.2, 0) is 16.1 Å². The molecule has 4 rings (SSSR count). The summed E-state index contributed by atoms with van der Waals surface area (Å²) in [6.07, 6.45) is 3.36. The van der Waals surface area contributed by atoms with E-state index in [1.807, 2.05) is 4.90 Å². The Hall–Kier alpha value is -1.99. The first-order valence-electron chi connectivity index (χ1n) is 8.88. The zero-order valence-electron chi connectivity index (χ0n) is 14.3. The van der Waals surface area contributed by atoms with Gasteiger partial charge in [-0.1, -0.05) is 11.6 Å². The summed E-state index contributed by atoms with van der Waals surface area (Å²) >= 11 is 5.94. The monoisotopic (exact) mass is 378 g/mol. The molecule has 1 aromatic carbocycles. The number of nitrogens with zero attached hydrogens (tertiary/aromatic N) is 4. The van der Waals surface area contributed by atoms with Crippen LogP contribution in [0.3, 0.4) is 0 Å². The predicted molar refractivity (Wildman–Crippen MR) is 93.8 cm³/mol. The molecule has 3 heterocycles. The number of benzene rings is 1. The van der Waals surface area contributed by atoms with Gasteiger partial charge in [0.2, 0.25) is 5.91 Å². The lowest BCUT2D eigenvalue weighted by Crippen LogP contribution is -2.35. The lowest BCUT2D eigenvalue weighted by molar-refractivity contribution is -0.134. The lowest BCUT2D eigenvalue weighted by Gasteiger charge is -2.26. The number of carbonyl (C=O) groups excluding carboxylic acids is 1. The molecule has 2 aliphatic heterocycles. The van der Waals surface area contributed by atoms with Gasteiger partial charge in [-0.2, -0.15) is 5.10 Å². The third kappa shape index (κ3) is 3.46. The van der Waals surface area contributed by atoms with Crippen molar-refractivity contribution in [2.45, 2.75) is 38.1 Å². The van der Waals surface area contributed by atoms with Gasteiger partial charge in [0.1, 0.15) is 5.82 Å². The summed E-state index contributed by atoms with van der Waals surface area (Å²) < 4.78 is 20.7. The first kappa shape index (κ1) is 17.4. The average Bonchev–Trinajstić information content (AvgIpc) is 3.29. The van der Waals surface area contributed by atoms with Gasteiger partial charge in [0.05, 0.1) is 23.9 Å². The van der Waals surface area contributed by atoms with Crippen LogP contribution in [0.15, 0.2) is 18.2 Å². The predicted octanol–water partition coefficient (Wildman–Crippen LogP) is 3.08. The topological polar surface area (TPSA) is 60.3 Å². The standard InChI is InChI=1S/C18H20ClFN4O2/c19-14-9-13(4-5-15(14)20)24-16(10-23-7-2-1-3-17(23)25)21-18(22-24)12-6-8-26-11-12/h4-5,9,12H,1-3,6-8,10-11H2/t12-/m0/s1. The number of likely N-dealkylation sites (tertiary alicyclic amines) is 1. The van der Waals surface area contributed by atoms with Gasteiger partial charge in [-0.25, -0.2) is 14.1 Å². The van der Waals surface area contributed by atoms with Crippen LogP contribution in [0.1, 0.15) is 43.3 Å². The van der Waals surface area contributed by atoms with E-state index in [4.69, 9.17) is 21.3 Å². The van der Waals surface area contributed by atoms with E-state index in [1.165, 1.54) is 12.1 Å². The summed E-state index contributed by atoms with van der Waals surface area (Å²) in [5, 5.41) is 4.66. The highest BCUT2D eigenvalue weighted by Gasteiger charge is 2.26. The molecule has 6 nitrogen and oxygen atoms in total. The Morgan fingerprint density at radius 2 is 2.23 bits per heavy atom. The Labute approximate surface area is 155 Å². The van der Waals surface area contributed by atoms with Crippen LogP contribution in [0.5, 0.6) is 0 Å². The highest BCUT2D eigenvalue weighted by atomic mass is 35.5. The molecule has 0 unspecified atom stereocenters. The zero-order valence-corrected chi connectivity index (χ0v) is 15.1. The second-order valence-corrected chi connectivity index (χ2v) is 7.14. The van der Waals surface area contributed by atoms with Crippen LogP contribution in [-0.4, -0.2) is 45.3 Å². The molecule has 1 atom stereocenters. The van der Waals surface area contributed by atoms with Crippen molar-refractivity contribution in [1.82, 2.24) is 19.7 Å². The molecule has 2 saturated heterocycles. The van der Waals surface area contributed by atoms with Crippen LogP contribution in [0, 0.1) is 5.82 Å². The zero-order chi connectivity index (χ0) is 18.1. The van der Waals surface area contributed by atoms with Crippen molar-refractivity contribution in [3.05, 3.63) is 40.7 Å². The minimum Gasteiger partial charge on any atom is -0.381 e. The molecule has 0 saturated carbocycles. The summed E-state index contributed by atoms with van der Waals surface area (Å²) in [5.41, 5.74) is 0.633. The third-order valence-electron chi connectivity index (χ3n) is 4.89. The van der Waals surface area contributed by atoms with Crippen molar-refractivity contribution in [2.75, 3.05) is 19.8 Å². The van der Waals surface area contributed by atoms with Crippen LogP contribution < -0.4 is 0 Å². The highest BCUT2D eigenvalue weighted by molar-refractivity contribution is 6.30. The Morgan fingerprint density at radius 3 is 2.96 bits per heavy atom. The average molecular weight is 379 g/mol. The molecule has 0 N–H and O–H groups in total. The number of halogens is 2. The first-order valence-corrected chi connectivity index (χ1v) is 9.26. The summed E-state index contributed by atoms with van der Waals surface area (Å²) in [5.74, 6) is 1.15. The van der Waals surface area contributed by atoms with Crippen molar-refractivity contribution in [3.8, 4) is 5.69 Å². The quantitative estimate of drug-likeness (QED) is 0.820. The van der Waals surface area contributed by atoms with Crippen molar-refractivity contribution in [2.24, 2.45) is 0 Å². The molecule has 2 aromatic rings. The molecule has 8 heteroatoms. The maximum atomic E-state index is 13.5. The fourth-order valence-electron chi connectivity index (χ4n) is 3.40. The summed E-state index contributed by atoms with van der Waals surface area (Å²) in [6.45, 7) is 2.39. The first-order chi connectivity index (χ1) is 12.6. The van der Waals surface area contributed by atoms with Gasteiger partial charge >= 0.3 is 0 Å². The minimum atomic E-state index is -0.479. The van der Waals surface area contributed by atoms with Crippen LogP contribution in [0.25, 0.3) is 5.69 Å². The minimum absolute atomic E-state index is 0.0312.